The van der Waals surface area contributed by atoms with Crippen LogP contribution in [0.5, 0.6) is 5.75 Å². The first-order chi connectivity index (χ1) is 18.9. The van der Waals surface area contributed by atoms with E-state index in [1.165, 1.54) is 12.6 Å². The molecule has 200 valence electrons. The lowest BCUT2D eigenvalue weighted by Gasteiger charge is -2.23. The number of anilines is 1. The van der Waals surface area contributed by atoms with E-state index in [0.717, 1.165) is 25.7 Å². The standard InChI is InChI=1S/C29H27ClN4O5/c30-24-12-6-4-10-22(24)29(38)39-21-16-14-19(15-17-21)18-31-34-28(37)27(36)33-25-13-7-5-11-23(25)26(35)32-20-8-2-1-3-9-20/h4-7,10-18,20H,1-3,8-9H2,(H,32,35)(H,33,36)(H,34,37). The summed E-state index contributed by atoms with van der Waals surface area (Å²) in [6, 6.07) is 19.5. The van der Waals surface area contributed by atoms with Crippen LogP contribution in [0, 0.1) is 0 Å². The molecule has 1 aliphatic carbocycles. The quantitative estimate of drug-likeness (QED) is 0.130. The molecule has 10 heteroatoms. The van der Waals surface area contributed by atoms with E-state index in [-0.39, 0.29) is 33.8 Å². The van der Waals surface area contributed by atoms with Crippen LogP contribution in [-0.2, 0) is 9.59 Å². The third kappa shape index (κ3) is 7.75. The first kappa shape index (κ1) is 27.5. The molecular weight excluding hydrogens is 520 g/mol. The van der Waals surface area contributed by atoms with Gasteiger partial charge in [0.15, 0.2) is 0 Å². The summed E-state index contributed by atoms with van der Waals surface area (Å²) in [4.78, 5) is 49.7. The fourth-order valence-corrected chi connectivity index (χ4v) is 4.32. The fourth-order valence-electron chi connectivity index (χ4n) is 4.11. The molecule has 3 aromatic rings. The Kier molecular flexibility index (Phi) is 9.42. The van der Waals surface area contributed by atoms with E-state index in [2.05, 4.69) is 21.2 Å². The molecular formula is C29H27ClN4O5. The van der Waals surface area contributed by atoms with Crippen LogP contribution in [0.25, 0.3) is 0 Å². The van der Waals surface area contributed by atoms with Gasteiger partial charge < -0.3 is 15.4 Å². The van der Waals surface area contributed by atoms with Crippen LogP contribution in [0.1, 0.15) is 58.4 Å². The molecule has 39 heavy (non-hydrogen) atoms. The highest BCUT2D eigenvalue weighted by atomic mass is 35.5. The SMILES string of the molecule is O=C(NN=Cc1ccc(OC(=O)c2ccccc2Cl)cc1)C(=O)Nc1ccccc1C(=O)NC1CCCCC1. The Morgan fingerprint density at radius 2 is 1.49 bits per heavy atom. The van der Waals surface area contributed by atoms with Crippen molar-refractivity contribution >= 4 is 47.2 Å². The van der Waals surface area contributed by atoms with Crippen LogP contribution in [0.2, 0.25) is 5.02 Å². The number of carbonyl (C=O) groups is 4. The number of ether oxygens (including phenoxy) is 1. The molecule has 0 aromatic heterocycles. The number of nitrogens with zero attached hydrogens (tertiary/aromatic N) is 1. The summed E-state index contributed by atoms with van der Waals surface area (Å²) in [6.07, 6.45) is 6.50. The zero-order chi connectivity index (χ0) is 27.6. The number of hydrazone groups is 1. The van der Waals surface area contributed by atoms with Crippen molar-refractivity contribution in [1.29, 1.82) is 0 Å². The summed E-state index contributed by atoms with van der Waals surface area (Å²) in [5, 5.41) is 9.57. The summed E-state index contributed by atoms with van der Waals surface area (Å²) < 4.78 is 5.32. The molecule has 9 nitrogen and oxygen atoms in total. The second-order valence-corrected chi connectivity index (χ2v) is 9.35. The van der Waals surface area contributed by atoms with Gasteiger partial charge in [-0.2, -0.15) is 5.10 Å². The van der Waals surface area contributed by atoms with E-state index in [1.54, 1.807) is 72.8 Å². The summed E-state index contributed by atoms with van der Waals surface area (Å²) in [6.45, 7) is 0. The summed E-state index contributed by atoms with van der Waals surface area (Å²) in [7, 11) is 0. The highest BCUT2D eigenvalue weighted by molar-refractivity contribution is 6.40. The van der Waals surface area contributed by atoms with E-state index < -0.39 is 17.8 Å². The molecule has 0 aliphatic heterocycles. The molecule has 1 aliphatic rings. The number of rotatable bonds is 7. The highest BCUT2D eigenvalue weighted by Gasteiger charge is 2.21. The van der Waals surface area contributed by atoms with Crippen LogP contribution < -0.4 is 20.8 Å². The Bertz CT molecular complexity index is 1380. The van der Waals surface area contributed by atoms with Crippen LogP contribution in [0.4, 0.5) is 5.69 Å². The molecule has 0 saturated heterocycles. The number of benzene rings is 3. The Balaban J connectivity index is 1.29. The van der Waals surface area contributed by atoms with Gasteiger partial charge in [0, 0.05) is 6.04 Å². The Hall–Kier alpha value is -4.50. The first-order valence-electron chi connectivity index (χ1n) is 12.5. The average molecular weight is 547 g/mol. The largest absolute Gasteiger partial charge is 0.423 e. The van der Waals surface area contributed by atoms with Crippen molar-refractivity contribution in [2.75, 3.05) is 5.32 Å². The van der Waals surface area contributed by atoms with Gasteiger partial charge in [0.1, 0.15) is 5.75 Å². The van der Waals surface area contributed by atoms with Gasteiger partial charge in [0.2, 0.25) is 0 Å². The second kappa shape index (κ2) is 13.3. The zero-order valence-corrected chi connectivity index (χ0v) is 21.7. The van der Waals surface area contributed by atoms with Crippen molar-refractivity contribution in [3.63, 3.8) is 0 Å². The Labute approximate surface area is 230 Å². The number of amides is 3. The molecule has 3 amide bonds. The summed E-state index contributed by atoms with van der Waals surface area (Å²) in [5.74, 6) is -2.55. The Morgan fingerprint density at radius 1 is 0.821 bits per heavy atom. The van der Waals surface area contributed by atoms with Crippen LogP contribution in [0.3, 0.4) is 0 Å². The van der Waals surface area contributed by atoms with Gasteiger partial charge in [-0.15, -0.1) is 0 Å². The van der Waals surface area contributed by atoms with Crippen LogP contribution in [0.15, 0.2) is 77.9 Å². The summed E-state index contributed by atoms with van der Waals surface area (Å²) in [5.41, 5.74) is 3.50. The molecule has 3 aromatic carbocycles. The number of carbonyl (C=O) groups excluding carboxylic acids is 4. The summed E-state index contributed by atoms with van der Waals surface area (Å²) >= 11 is 6.02. The van der Waals surface area contributed by atoms with Crippen molar-refractivity contribution in [2.24, 2.45) is 5.10 Å². The molecule has 0 bridgehead atoms. The maximum absolute atomic E-state index is 12.8. The molecule has 0 atom stereocenters. The fraction of sp³-hybridized carbons (Fsp3) is 0.207. The van der Waals surface area contributed by atoms with Crippen molar-refractivity contribution in [2.45, 2.75) is 38.1 Å². The maximum Gasteiger partial charge on any atom is 0.345 e. The van der Waals surface area contributed by atoms with E-state index in [9.17, 15) is 19.2 Å². The van der Waals surface area contributed by atoms with Gasteiger partial charge >= 0.3 is 17.8 Å². The van der Waals surface area contributed by atoms with E-state index in [1.807, 2.05) is 0 Å². The minimum Gasteiger partial charge on any atom is -0.423 e. The first-order valence-corrected chi connectivity index (χ1v) is 12.9. The molecule has 0 spiro atoms. The van der Waals surface area contributed by atoms with E-state index >= 15 is 0 Å². The minimum atomic E-state index is -1.00. The normalized spacial score (nSPS) is 13.5. The number of halogens is 1. The molecule has 4 rings (SSSR count). The van der Waals surface area contributed by atoms with Crippen LogP contribution >= 0.6 is 11.6 Å². The topological polar surface area (TPSA) is 126 Å². The van der Waals surface area contributed by atoms with Crippen molar-refractivity contribution in [3.8, 4) is 5.75 Å². The predicted molar refractivity (Wildman–Crippen MR) is 148 cm³/mol. The predicted octanol–water partition coefficient (Wildman–Crippen LogP) is 4.71. The maximum atomic E-state index is 12.8. The van der Waals surface area contributed by atoms with Crippen molar-refractivity contribution in [3.05, 3.63) is 94.5 Å². The number of nitrogens with one attached hydrogen (secondary N) is 3. The number of esters is 1. The van der Waals surface area contributed by atoms with Crippen molar-refractivity contribution in [1.82, 2.24) is 10.7 Å². The average Bonchev–Trinajstić information content (AvgIpc) is 2.95. The number of hydrogen-bond donors (Lipinski definition) is 3. The van der Waals surface area contributed by atoms with Gasteiger partial charge in [-0.05, 0) is 66.9 Å². The van der Waals surface area contributed by atoms with Crippen LogP contribution in [-0.4, -0.2) is 35.9 Å². The van der Waals surface area contributed by atoms with Crippen molar-refractivity contribution < 1.29 is 23.9 Å². The van der Waals surface area contributed by atoms with E-state index in [4.69, 9.17) is 16.3 Å². The second-order valence-electron chi connectivity index (χ2n) is 8.95. The molecule has 0 heterocycles. The smallest absolute Gasteiger partial charge is 0.345 e. The lowest BCUT2D eigenvalue weighted by Crippen LogP contribution is -2.37. The lowest BCUT2D eigenvalue weighted by molar-refractivity contribution is -0.136. The number of para-hydroxylation sites is 1. The van der Waals surface area contributed by atoms with Gasteiger partial charge in [-0.25, -0.2) is 10.2 Å². The lowest BCUT2D eigenvalue weighted by atomic mass is 9.95. The van der Waals surface area contributed by atoms with Gasteiger partial charge in [0.25, 0.3) is 5.91 Å². The molecule has 0 radical (unpaired) electrons. The zero-order valence-electron chi connectivity index (χ0n) is 21.0. The van der Waals surface area contributed by atoms with E-state index in [0.29, 0.717) is 11.3 Å². The highest BCUT2D eigenvalue weighted by Crippen LogP contribution is 2.21. The Morgan fingerprint density at radius 3 is 2.21 bits per heavy atom. The molecule has 1 fully saturated rings. The third-order valence-electron chi connectivity index (χ3n) is 6.13. The molecule has 0 unspecified atom stereocenters. The van der Waals surface area contributed by atoms with Gasteiger partial charge in [-0.3, -0.25) is 14.4 Å². The third-order valence-corrected chi connectivity index (χ3v) is 6.46. The van der Waals surface area contributed by atoms with Gasteiger partial charge in [-0.1, -0.05) is 55.1 Å². The van der Waals surface area contributed by atoms with Gasteiger partial charge in [0.05, 0.1) is 28.1 Å². The molecule has 3 N–H and O–H groups in total. The monoisotopic (exact) mass is 546 g/mol. The molecule has 1 saturated carbocycles. The number of hydrogen-bond acceptors (Lipinski definition) is 6. The minimum absolute atomic E-state index is 0.108.